The average molecular weight is 358 g/mol. The number of carbonyl (C=O) groups is 2. The van der Waals surface area contributed by atoms with Gasteiger partial charge in [0.2, 0.25) is 12.0 Å². The Kier molecular flexibility index (Phi) is 4.30. The summed E-state index contributed by atoms with van der Waals surface area (Å²) in [5.41, 5.74) is 1.10. The van der Waals surface area contributed by atoms with Crippen LogP contribution in [0, 0.1) is 5.92 Å². The molecular formula is C19H22N2O5. The molecule has 0 unspecified atom stereocenters. The molecule has 0 bridgehead atoms. The van der Waals surface area contributed by atoms with Gasteiger partial charge < -0.3 is 14.3 Å². The zero-order valence-corrected chi connectivity index (χ0v) is 14.9. The second-order valence-electron chi connectivity index (χ2n) is 6.88. The Morgan fingerprint density at radius 3 is 2.54 bits per heavy atom. The maximum Gasteiger partial charge on any atom is 0.274 e. The van der Waals surface area contributed by atoms with Gasteiger partial charge in [-0.25, -0.2) is 0 Å². The SMILES string of the molecule is COc1ccc(C2=NO[C@H]3C(=O)N(C4CCCCC4)C(=O)[C@@H]23)c(OC)c1. The molecule has 1 saturated carbocycles. The number of ether oxygens (including phenoxy) is 2. The Bertz CT molecular complexity index is 769. The van der Waals surface area contributed by atoms with Crippen molar-refractivity contribution >= 4 is 17.5 Å². The lowest BCUT2D eigenvalue weighted by molar-refractivity contribution is -0.145. The molecule has 2 atom stereocenters. The lowest BCUT2D eigenvalue weighted by Gasteiger charge is -2.29. The molecule has 2 fully saturated rings. The molecule has 0 N–H and O–H groups in total. The van der Waals surface area contributed by atoms with Gasteiger partial charge in [-0.1, -0.05) is 24.4 Å². The first kappa shape index (κ1) is 16.9. The van der Waals surface area contributed by atoms with Crippen molar-refractivity contribution in [3.05, 3.63) is 23.8 Å². The Balaban J connectivity index is 1.65. The number of benzene rings is 1. The molecule has 1 saturated heterocycles. The molecule has 26 heavy (non-hydrogen) atoms. The van der Waals surface area contributed by atoms with Crippen LogP contribution in [0.3, 0.4) is 0 Å². The summed E-state index contributed by atoms with van der Waals surface area (Å²) >= 11 is 0. The van der Waals surface area contributed by atoms with Crippen LogP contribution in [0.2, 0.25) is 0 Å². The van der Waals surface area contributed by atoms with Crippen LogP contribution in [0.25, 0.3) is 0 Å². The van der Waals surface area contributed by atoms with E-state index in [2.05, 4.69) is 5.16 Å². The van der Waals surface area contributed by atoms with Crippen LogP contribution in [-0.4, -0.2) is 48.8 Å². The van der Waals surface area contributed by atoms with Crippen molar-refractivity contribution in [3.63, 3.8) is 0 Å². The summed E-state index contributed by atoms with van der Waals surface area (Å²) in [5, 5.41) is 4.06. The van der Waals surface area contributed by atoms with Crippen LogP contribution in [-0.2, 0) is 14.4 Å². The Labute approximate surface area is 151 Å². The van der Waals surface area contributed by atoms with Gasteiger partial charge in [-0.2, -0.15) is 0 Å². The molecule has 1 aromatic rings. The van der Waals surface area contributed by atoms with E-state index < -0.39 is 12.0 Å². The number of hydrogen-bond donors (Lipinski definition) is 0. The van der Waals surface area contributed by atoms with Crippen LogP contribution in [0.1, 0.15) is 37.7 Å². The summed E-state index contributed by atoms with van der Waals surface area (Å²) < 4.78 is 10.6. The van der Waals surface area contributed by atoms with E-state index in [1.165, 1.54) is 4.90 Å². The van der Waals surface area contributed by atoms with Crippen LogP contribution in [0.4, 0.5) is 0 Å². The van der Waals surface area contributed by atoms with Gasteiger partial charge >= 0.3 is 0 Å². The Morgan fingerprint density at radius 1 is 1.08 bits per heavy atom. The third-order valence-electron chi connectivity index (χ3n) is 5.47. The van der Waals surface area contributed by atoms with Gasteiger partial charge in [0, 0.05) is 17.7 Å². The molecular weight excluding hydrogens is 336 g/mol. The highest BCUT2D eigenvalue weighted by atomic mass is 16.7. The number of methoxy groups -OCH3 is 2. The summed E-state index contributed by atoms with van der Waals surface area (Å²) in [5.74, 6) is -0.00564. The molecule has 1 aliphatic carbocycles. The van der Waals surface area contributed by atoms with Gasteiger partial charge in [-0.05, 0) is 25.0 Å². The van der Waals surface area contributed by atoms with Crippen molar-refractivity contribution in [2.45, 2.75) is 44.2 Å². The lowest BCUT2D eigenvalue weighted by atomic mass is 9.92. The topological polar surface area (TPSA) is 77.4 Å². The molecule has 4 rings (SSSR count). The molecule has 1 aromatic carbocycles. The molecule has 7 nitrogen and oxygen atoms in total. The standard InChI is InChI=1S/C19H22N2O5/c1-24-12-8-9-13(14(10-12)25-2)16-15-17(26-20-16)19(23)21(18(15)22)11-6-4-3-5-7-11/h8-11,15,17H,3-7H2,1-2H3/t15-,17+/m0/s1. The van der Waals surface area contributed by atoms with Crippen molar-refractivity contribution < 1.29 is 23.9 Å². The number of amides is 2. The first-order chi connectivity index (χ1) is 12.7. The number of imide groups is 1. The predicted molar refractivity (Wildman–Crippen MR) is 93.2 cm³/mol. The first-order valence-corrected chi connectivity index (χ1v) is 8.98. The highest BCUT2D eigenvalue weighted by molar-refractivity contribution is 6.24. The zero-order chi connectivity index (χ0) is 18.3. The molecule has 138 valence electrons. The fourth-order valence-electron chi connectivity index (χ4n) is 4.13. The van der Waals surface area contributed by atoms with Crippen molar-refractivity contribution in [2.75, 3.05) is 14.2 Å². The maximum atomic E-state index is 13.1. The second kappa shape index (κ2) is 6.63. The van der Waals surface area contributed by atoms with E-state index in [0.717, 1.165) is 32.1 Å². The van der Waals surface area contributed by atoms with Crippen LogP contribution >= 0.6 is 0 Å². The van der Waals surface area contributed by atoms with E-state index in [0.29, 0.717) is 22.8 Å². The van der Waals surface area contributed by atoms with Gasteiger partial charge in [0.25, 0.3) is 5.91 Å². The van der Waals surface area contributed by atoms with E-state index >= 15 is 0 Å². The monoisotopic (exact) mass is 358 g/mol. The van der Waals surface area contributed by atoms with Gasteiger partial charge in [-0.3, -0.25) is 14.5 Å². The minimum Gasteiger partial charge on any atom is -0.497 e. The number of hydrogen-bond acceptors (Lipinski definition) is 6. The molecule has 0 radical (unpaired) electrons. The first-order valence-electron chi connectivity index (χ1n) is 8.98. The largest absolute Gasteiger partial charge is 0.497 e. The zero-order valence-electron chi connectivity index (χ0n) is 14.9. The predicted octanol–water partition coefficient (Wildman–Crippen LogP) is 2.12. The van der Waals surface area contributed by atoms with E-state index in [4.69, 9.17) is 14.3 Å². The number of rotatable bonds is 4. The van der Waals surface area contributed by atoms with Crippen LogP contribution in [0.15, 0.2) is 23.4 Å². The number of nitrogens with zero attached hydrogens (tertiary/aromatic N) is 2. The smallest absolute Gasteiger partial charge is 0.274 e. The van der Waals surface area contributed by atoms with Crippen LogP contribution < -0.4 is 9.47 Å². The Hall–Kier alpha value is -2.57. The number of oxime groups is 1. The summed E-state index contributed by atoms with van der Waals surface area (Å²) in [7, 11) is 3.12. The molecule has 2 amide bonds. The molecule has 2 heterocycles. The van der Waals surface area contributed by atoms with Gasteiger partial charge in [0.05, 0.1) is 14.2 Å². The minimum absolute atomic E-state index is 0.0167. The number of likely N-dealkylation sites (tertiary alicyclic amines) is 1. The van der Waals surface area contributed by atoms with E-state index in [-0.39, 0.29) is 17.9 Å². The second-order valence-corrected chi connectivity index (χ2v) is 6.88. The molecule has 2 aliphatic heterocycles. The highest BCUT2D eigenvalue weighted by Crippen LogP contribution is 2.38. The molecule has 0 spiro atoms. The van der Waals surface area contributed by atoms with E-state index in [9.17, 15) is 9.59 Å². The van der Waals surface area contributed by atoms with Gasteiger partial charge in [-0.15, -0.1) is 0 Å². The van der Waals surface area contributed by atoms with E-state index in [1.807, 2.05) is 0 Å². The molecule has 3 aliphatic rings. The summed E-state index contributed by atoms with van der Waals surface area (Å²) in [6, 6.07) is 5.26. The fraction of sp³-hybridized carbons (Fsp3) is 0.526. The lowest BCUT2D eigenvalue weighted by Crippen LogP contribution is -2.43. The fourth-order valence-corrected chi connectivity index (χ4v) is 4.13. The number of fused-ring (bicyclic) bond motifs is 1. The quantitative estimate of drug-likeness (QED) is 0.771. The summed E-state index contributed by atoms with van der Waals surface area (Å²) in [6.45, 7) is 0. The minimum atomic E-state index is -0.855. The van der Waals surface area contributed by atoms with Crippen molar-refractivity contribution in [2.24, 2.45) is 11.1 Å². The average Bonchev–Trinajstić information content (AvgIpc) is 3.22. The van der Waals surface area contributed by atoms with Gasteiger partial charge in [0.15, 0.2) is 0 Å². The van der Waals surface area contributed by atoms with E-state index in [1.54, 1.807) is 32.4 Å². The van der Waals surface area contributed by atoms with Gasteiger partial charge in [0.1, 0.15) is 23.1 Å². The normalized spacial score (nSPS) is 25.8. The van der Waals surface area contributed by atoms with Crippen molar-refractivity contribution in [1.29, 1.82) is 0 Å². The summed E-state index contributed by atoms with van der Waals surface area (Å²) in [6.07, 6.45) is 4.14. The summed E-state index contributed by atoms with van der Waals surface area (Å²) in [4.78, 5) is 32.7. The maximum absolute atomic E-state index is 13.1. The highest BCUT2D eigenvalue weighted by Gasteiger charge is 2.57. The Morgan fingerprint density at radius 2 is 1.85 bits per heavy atom. The third-order valence-corrected chi connectivity index (χ3v) is 5.47. The molecule has 7 heteroatoms. The molecule has 0 aromatic heterocycles. The number of carbonyl (C=O) groups excluding carboxylic acids is 2. The van der Waals surface area contributed by atoms with Crippen molar-refractivity contribution in [3.8, 4) is 11.5 Å². The third kappa shape index (κ3) is 2.53. The van der Waals surface area contributed by atoms with Crippen molar-refractivity contribution in [1.82, 2.24) is 4.90 Å². The van der Waals surface area contributed by atoms with Crippen LogP contribution in [0.5, 0.6) is 11.5 Å².